The summed E-state index contributed by atoms with van der Waals surface area (Å²) >= 11 is 0. The SMILES string of the molecule is CN(CCc1ccncc1)c1cnnc(NC2CCS(=O)(=O)C2)n1. The number of likely N-dealkylation sites (N-methyl/N-ethyl adjacent to an activating group) is 1. The maximum absolute atomic E-state index is 11.5. The molecule has 2 aromatic rings. The zero-order valence-electron chi connectivity index (χ0n) is 13.5. The fourth-order valence-corrected chi connectivity index (χ4v) is 4.27. The zero-order chi connectivity index (χ0) is 17.0. The van der Waals surface area contributed by atoms with E-state index in [2.05, 4.69) is 25.5 Å². The van der Waals surface area contributed by atoms with Crippen molar-refractivity contribution in [2.75, 3.05) is 35.3 Å². The van der Waals surface area contributed by atoms with E-state index in [0.29, 0.717) is 18.2 Å². The van der Waals surface area contributed by atoms with Crippen LogP contribution in [0.15, 0.2) is 30.7 Å². The van der Waals surface area contributed by atoms with E-state index in [0.717, 1.165) is 13.0 Å². The van der Waals surface area contributed by atoms with Crippen LogP contribution in [0.4, 0.5) is 11.8 Å². The maximum atomic E-state index is 11.5. The van der Waals surface area contributed by atoms with E-state index in [1.807, 2.05) is 24.1 Å². The summed E-state index contributed by atoms with van der Waals surface area (Å²) in [5.41, 5.74) is 1.20. The molecule has 9 heteroatoms. The molecule has 0 saturated carbocycles. The Kier molecular flexibility index (Phi) is 4.89. The van der Waals surface area contributed by atoms with E-state index in [-0.39, 0.29) is 17.5 Å². The summed E-state index contributed by atoms with van der Waals surface area (Å²) in [5, 5.41) is 11.0. The Morgan fingerprint density at radius 3 is 2.83 bits per heavy atom. The number of nitrogens with zero attached hydrogens (tertiary/aromatic N) is 5. The van der Waals surface area contributed by atoms with Crippen molar-refractivity contribution in [1.82, 2.24) is 20.2 Å². The molecule has 1 saturated heterocycles. The van der Waals surface area contributed by atoms with E-state index in [1.165, 1.54) is 5.56 Å². The van der Waals surface area contributed by atoms with Gasteiger partial charge < -0.3 is 10.2 Å². The Labute approximate surface area is 141 Å². The lowest BCUT2D eigenvalue weighted by molar-refractivity contribution is 0.602. The highest BCUT2D eigenvalue weighted by molar-refractivity contribution is 7.91. The molecular weight excluding hydrogens is 328 g/mol. The summed E-state index contributed by atoms with van der Waals surface area (Å²) in [4.78, 5) is 10.4. The van der Waals surface area contributed by atoms with Crippen LogP contribution in [-0.2, 0) is 16.3 Å². The van der Waals surface area contributed by atoms with Crippen LogP contribution in [0.25, 0.3) is 0 Å². The first-order valence-electron chi connectivity index (χ1n) is 7.78. The third-order valence-electron chi connectivity index (χ3n) is 3.99. The zero-order valence-corrected chi connectivity index (χ0v) is 14.3. The van der Waals surface area contributed by atoms with E-state index >= 15 is 0 Å². The van der Waals surface area contributed by atoms with Crippen molar-refractivity contribution in [2.45, 2.75) is 18.9 Å². The van der Waals surface area contributed by atoms with Gasteiger partial charge in [-0.05, 0) is 30.5 Å². The summed E-state index contributed by atoms with van der Waals surface area (Å²) in [6.45, 7) is 0.778. The highest BCUT2D eigenvalue weighted by Gasteiger charge is 2.28. The second-order valence-electron chi connectivity index (χ2n) is 5.91. The highest BCUT2D eigenvalue weighted by Crippen LogP contribution is 2.16. The van der Waals surface area contributed by atoms with Crippen LogP contribution in [-0.4, -0.2) is 59.7 Å². The van der Waals surface area contributed by atoms with Crippen molar-refractivity contribution in [3.63, 3.8) is 0 Å². The number of hydrogen-bond acceptors (Lipinski definition) is 8. The molecule has 24 heavy (non-hydrogen) atoms. The lowest BCUT2D eigenvalue weighted by Crippen LogP contribution is -2.25. The van der Waals surface area contributed by atoms with Crippen molar-refractivity contribution in [3.05, 3.63) is 36.3 Å². The van der Waals surface area contributed by atoms with Gasteiger partial charge in [0.25, 0.3) is 0 Å². The molecule has 1 unspecified atom stereocenters. The second-order valence-corrected chi connectivity index (χ2v) is 8.14. The predicted octanol–water partition coefficient (Wildman–Crippen LogP) is 0.544. The number of hydrogen-bond donors (Lipinski definition) is 1. The van der Waals surface area contributed by atoms with Gasteiger partial charge in [-0.25, -0.2) is 8.42 Å². The van der Waals surface area contributed by atoms with E-state index in [1.54, 1.807) is 18.6 Å². The largest absolute Gasteiger partial charge is 0.358 e. The van der Waals surface area contributed by atoms with Crippen molar-refractivity contribution in [2.24, 2.45) is 0 Å². The van der Waals surface area contributed by atoms with E-state index < -0.39 is 9.84 Å². The van der Waals surface area contributed by atoms with E-state index in [9.17, 15) is 8.42 Å². The molecule has 8 nitrogen and oxygen atoms in total. The van der Waals surface area contributed by atoms with Gasteiger partial charge in [-0.1, -0.05) is 0 Å². The number of sulfone groups is 1. The van der Waals surface area contributed by atoms with Gasteiger partial charge in [0, 0.05) is 32.0 Å². The molecule has 0 aliphatic carbocycles. The third kappa shape index (κ3) is 4.38. The van der Waals surface area contributed by atoms with Crippen LogP contribution in [0.3, 0.4) is 0 Å². The van der Waals surface area contributed by atoms with Crippen LogP contribution in [0.1, 0.15) is 12.0 Å². The monoisotopic (exact) mass is 348 g/mol. The van der Waals surface area contributed by atoms with Crippen LogP contribution >= 0.6 is 0 Å². The molecule has 128 valence electrons. The third-order valence-corrected chi connectivity index (χ3v) is 5.76. The van der Waals surface area contributed by atoms with Crippen LogP contribution < -0.4 is 10.2 Å². The van der Waals surface area contributed by atoms with Crippen LogP contribution in [0, 0.1) is 0 Å². The van der Waals surface area contributed by atoms with Gasteiger partial charge in [0.1, 0.15) is 0 Å². The molecule has 0 aromatic carbocycles. The summed E-state index contributed by atoms with van der Waals surface area (Å²) in [6.07, 6.45) is 6.60. The predicted molar refractivity (Wildman–Crippen MR) is 91.7 cm³/mol. The molecule has 1 atom stereocenters. The minimum absolute atomic E-state index is 0.123. The molecule has 3 rings (SSSR count). The highest BCUT2D eigenvalue weighted by atomic mass is 32.2. The fourth-order valence-electron chi connectivity index (χ4n) is 2.59. The van der Waals surface area contributed by atoms with Gasteiger partial charge in [-0.2, -0.15) is 10.1 Å². The van der Waals surface area contributed by atoms with Crippen LogP contribution in [0.2, 0.25) is 0 Å². The molecule has 3 heterocycles. The van der Waals surface area contributed by atoms with Crippen molar-refractivity contribution in [3.8, 4) is 0 Å². The Morgan fingerprint density at radius 2 is 2.12 bits per heavy atom. The van der Waals surface area contributed by atoms with Crippen molar-refractivity contribution >= 4 is 21.6 Å². The minimum atomic E-state index is -2.94. The Bertz CT molecular complexity index is 784. The first-order valence-corrected chi connectivity index (χ1v) is 9.61. The Balaban J connectivity index is 1.60. The molecular formula is C15H20N6O2S. The topological polar surface area (TPSA) is 101 Å². The molecule has 0 bridgehead atoms. The standard InChI is InChI=1S/C15H20N6O2S/c1-21(8-4-12-2-6-16-7-3-12)14-10-17-20-15(19-14)18-13-5-9-24(22,23)11-13/h2-3,6-7,10,13H,4-5,8-9,11H2,1H3,(H,18,19,20). The summed E-state index contributed by atoms with van der Waals surface area (Å²) in [7, 11) is -0.996. The summed E-state index contributed by atoms with van der Waals surface area (Å²) in [5.74, 6) is 1.40. The number of anilines is 2. The van der Waals surface area contributed by atoms with E-state index in [4.69, 9.17) is 0 Å². The molecule has 1 aliphatic rings. The van der Waals surface area contributed by atoms with Gasteiger partial charge in [0.05, 0.1) is 17.7 Å². The molecule has 0 radical (unpaired) electrons. The van der Waals surface area contributed by atoms with Gasteiger partial charge in [-0.3, -0.25) is 4.98 Å². The normalized spacial score (nSPS) is 19.1. The van der Waals surface area contributed by atoms with Crippen molar-refractivity contribution < 1.29 is 8.42 Å². The average molecular weight is 348 g/mol. The number of aromatic nitrogens is 4. The molecule has 0 spiro atoms. The van der Waals surface area contributed by atoms with Gasteiger partial charge in [0.15, 0.2) is 15.7 Å². The summed E-state index contributed by atoms with van der Waals surface area (Å²) < 4.78 is 23.0. The Hall–Kier alpha value is -2.29. The number of rotatable bonds is 6. The Morgan fingerprint density at radius 1 is 1.33 bits per heavy atom. The lowest BCUT2D eigenvalue weighted by atomic mass is 10.2. The first kappa shape index (κ1) is 16.6. The van der Waals surface area contributed by atoms with Gasteiger partial charge >= 0.3 is 0 Å². The summed E-state index contributed by atoms with van der Waals surface area (Å²) in [6, 6.07) is 3.83. The molecule has 2 aromatic heterocycles. The maximum Gasteiger partial charge on any atom is 0.244 e. The molecule has 1 fully saturated rings. The molecule has 1 aliphatic heterocycles. The molecule has 1 N–H and O–H groups in total. The average Bonchev–Trinajstić information content (AvgIpc) is 2.92. The molecule has 0 amide bonds. The minimum Gasteiger partial charge on any atom is -0.358 e. The lowest BCUT2D eigenvalue weighted by Gasteiger charge is -2.18. The second kappa shape index (κ2) is 7.08. The smallest absolute Gasteiger partial charge is 0.244 e. The number of pyridine rings is 1. The quantitative estimate of drug-likeness (QED) is 0.807. The van der Waals surface area contributed by atoms with Crippen molar-refractivity contribution in [1.29, 1.82) is 0 Å². The fraction of sp³-hybridized carbons (Fsp3) is 0.467. The first-order chi connectivity index (χ1) is 11.5. The van der Waals surface area contributed by atoms with Gasteiger partial charge in [-0.15, -0.1) is 5.10 Å². The van der Waals surface area contributed by atoms with Gasteiger partial charge in [0.2, 0.25) is 5.95 Å². The number of nitrogens with one attached hydrogen (secondary N) is 1. The van der Waals surface area contributed by atoms with Crippen LogP contribution in [0.5, 0.6) is 0 Å².